The van der Waals surface area contributed by atoms with Crippen molar-refractivity contribution in [1.29, 1.82) is 0 Å². The van der Waals surface area contributed by atoms with Crippen molar-refractivity contribution in [3.8, 4) is 0 Å². The van der Waals surface area contributed by atoms with E-state index in [1.165, 1.54) is 10.5 Å². The highest BCUT2D eigenvalue weighted by atomic mass is 32.2. The van der Waals surface area contributed by atoms with E-state index in [1.54, 1.807) is 11.8 Å². The largest absolute Gasteiger partial charge is 0.329 e. The van der Waals surface area contributed by atoms with E-state index in [0.717, 1.165) is 0 Å². The summed E-state index contributed by atoms with van der Waals surface area (Å²) in [6.45, 7) is 4.91. The summed E-state index contributed by atoms with van der Waals surface area (Å²) in [5, 5.41) is 3.45. The van der Waals surface area contributed by atoms with Gasteiger partial charge in [-0.05, 0) is 24.0 Å². The smallest absolute Gasteiger partial charge is 0.0446 e. The predicted octanol–water partition coefficient (Wildman–Crippen LogP) is 2.41. The highest BCUT2D eigenvalue weighted by Gasteiger charge is 2.09. The number of thioether (sulfide) groups is 1. The fraction of sp³-hybridized carbons (Fsp3) is 0.500. The number of hydrogen-bond acceptors (Lipinski definition) is 3. The van der Waals surface area contributed by atoms with Crippen LogP contribution in [0.25, 0.3) is 0 Å². The van der Waals surface area contributed by atoms with Crippen LogP contribution in [0.15, 0.2) is 29.2 Å². The quantitative estimate of drug-likeness (QED) is 0.754. The van der Waals surface area contributed by atoms with E-state index in [4.69, 9.17) is 5.73 Å². The molecule has 1 aromatic carbocycles. The molecule has 3 heteroatoms. The first-order valence-electron chi connectivity index (χ1n) is 5.27. The lowest BCUT2D eigenvalue weighted by molar-refractivity contribution is 0.483. The fourth-order valence-electron chi connectivity index (χ4n) is 1.54. The second-order valence-corrected chi connectivity index (χ2v) is 4.76. The van der Waals surface area contributed by atoms with Gasteiger partial charge in [0.2, 0.25) is 0 Å². The fourth-order valence-corrected chi connectivity index (χ4v) is 1.95. The lowest BCUT2D eigenvalue weighted by atomic mass is 10.1. The van der Waals surface area contributed by atoms with Crippen LogP contribution in [0, 0.1) is 0 Å². The molecule has 0 aromatic heterocycles. The second kappa shape index (κ2) is 6.16. The molecule has 1 atom stereocenters. The minimum absolute atomic E-state index is 0.265. The molecular formula is C12H20N2S. The molecular weight excluding hydrogens is 204 g/mol. The van der Waals surface area contributed by atoms with Gasteiger partial charge in [0.25, 0.3) is 0 Å². The maximum atomic E-state index is 5.76. The van der Waals surface area contributed by atoms with Gasteiger partial charge in [0.05, 0.1) is 0 Å². The summed E-state index contributed by atoms with van der Waals surface area (Å²) < 4.78 is 0. The molecule has 0 aliphatic rings. The zero-order chi connectivity index (χ0) is 11.3. The summed E-state index contributed by atoms with van der Waals surface area (Å²) in [6, 6.07) is 9.31. The zero-order valence-corrected chi connectivity index (χ0v) is 10.5. The van der Waals surface area contributed by atoms with Crippen molar-refractivity contribution in [2.45, 2.75) is 30.8 Å². The number of hydrogen-bond donors (Lipinski definition) is 2. The molecule has 0 radical (unpaired) electrons. The van der Waals surface area contributed by atoms with Gasteiger partial charge in [-0.15, -0.1) is 11.8 Å². The summed E-state index contributed by atoms with van der Waals surface area (Å²) in [4.78, 5) is 1.29. The molecule has 0 amide bonds. The first kappa shape index (κ1) is 12.6. The second-order valence-electron chi connectivity index (χ2n) is 3.88. The molecule has 84 valence electrons. The standard InChI is InChI=1S/C12H20N2S/c1-9(2)14-12(8-13)10-4-6-11(15-3)7-5-10/h4-7,9,12,14H,8,13H2,1-3H3. The molecule has 0 saturated carbocycles. The Hall–Kier alpha value is -0.510. The Labute approximate surface area is 96.6 Å². The molecule has 0 spiro atoms. The highest BCUT2D eigenvalue weighted by molar-refractivity contribution is 7.98. The van der Waals surface area contributed by atoms with Crippen molar-refractivity contribution in [3.63, 3.8) is 0 Å². The van der Waals surface area contributed by atoms with E-state index >= 15 is 0 Å². The van der Waals surface area contributed by atoms with Crippen molar-refractivity contribution in [2.75, 3.05) is 12.8 Å². The Bertz CT molecular complexity index is 282. The topological polar surface area (TPSA) is 38.0 Å². The van der Waals surface area contributed by atoms with Crippen LogP contribution < -0.4 is 11.1 Å². The number of nitrogens with two attached hydrogens (primary N) is 1. The molecule has 15 heavy (non-hydrogen) atoms. The van der Waals surface area contributed by atoms with E-state index in [9.17, 15) is 0 Å². The molecule has 0 aliphatic carbocycles. The van der Waals surface area contributed by atoms with Crippen molar-refractivity contribution in [1.82, 2.24) is 5.32 Å². The first-order valence-corrected chi connectivity index (χ1v) is 6.50. The minimum Gasteiger partial charge on any atom is -0.329 e. The van der Waals surface area contributed by atoms with Gasteiger partial charge in [0.15, 0.2) is 0 Å². The molecule has 0 saturated heterocycles. The van der Waals surface area contributed by atoms with Gasteiger partial charge >= 0.3 is 0 Å². The van der Waals surface area contributed by atoms with Crippen LogP contribution in [0.1, 0.15) is 25.5 Å². The van der Waals surface area contributed by atoms with Crippen molar-refractivity contribution < 1.29 is 0 Å². The summed E-state index contributed by atoms with van der Waals surface area (Å²) >= 11 is 1.76. The SMILES string of the molecule is CSc1ccc(C(CN)NC(C)C)cc1. The monoisotopic (exact) mass is 224 g/mol. The van der Waals surface area contributed by atoms with Gasteiger partial charge in [-0.2, -0.15) is 0 Å². The van der Waals surface area contributed by atoms with Crippen LogP contribution in [-0.4, -0.2) is 18.8 Å². The molecule has 1 aromatic rings. The normalized spacial score (nSPS) is 13.1. The third-order valence-corrected chi connectivity index (χ3v) is 3.03. The van der Waals surface area contributed by atoms with Gasteiger partial charge in [0, 0.05) is 23.5 Å². The van der Waals surface area contributed by atoms with E-state index in [-0.39, 0.29) is 6.04 Å². The maximum Gasteiger partial charge on any atom is 0.0446 e. The van der Waals surface area contributed by atoms with Crippen molar-refractivity contribution in [2.24, 2.45) is 5.73 Å². The Kier molecular flexibility index (Phi) is 5.15. The number of benzene rings is 1. The highest BCUT2D eigenvalue weighted by Crippen LogP contribution is 2.18. The van der Waals surface area contributed by atoms with E-state index in [1.807, 2.05) is 0 Å². The molecule has 0 heterocycles. The third kappa shape index (κ3) is 3.86. The van der Waals surface area contributed by atoms with Gasteiger partial charge in [-0.25, -0.2) is 0 Å². The van der Waals surface area contributed by atoms with Gasteiger partial charge in [-0.1, -0.05) is 26.0 Å². The van der Waals surface area contributed by atoms with Crippen LogP contribution in [0.3, 0.4) is 0 Å². The van der Waals surface area contributed by atoms with Gasteiger partial charge < -0.3 is 11.1 Å². The Morgan fingerprint density at radius 3 is 2.27 bits per heavy atom. The van der Waals surface area contributed by atoms with E-state index in [2.05, 4.69) is 49.7 Å². The average molecular weight is 224 g/mol. The van der Waals surface area contributed by atoms with Crippen LogP contribution >= 0.6 is 11.8 Å². The molecule has 0 aliphatic heterocycles. The molecule has 3 N–H and O–H groups in total. The average Bonchev–Trinajstić information content (AvgIpc) is 2.26. The third-order valence-electron chi connectivity index (χ3n) is 2.29. The lowest BCUT2D eigenvalue weighted by Gasteiger charge is -2.20. The van der Waals surface area contributed by atoms with Crippen molar-refractivity contribution in [3.05, 3.63) is 29.8 Å². The Morgan fingerprint density at radius 2 is 1.87 bits per heavy atom. The molecule has 0 fully saturated rings. The minimum atomic E-state index is 0.265. The summed E-state index contributed by atoms with van der Waals surface area (Å²) in [6.07, 6.45) is 2.09. The van der Waals surface area contributed by atoms with Gasteiger partial charge in [-0.3, -0.25) is 0 Å². The van der Waals surface area contributed by atoms with Crippen LogP contribution in [0.4, 0.5) is 0 Å². The summed E-state index contributed by atoms with van der Waals surface area (Å²) in [7, 11) is 0. The first-order chi connectivity index (χ1) is 7.17. The molecule has 0 bridgehead atoms. The van der Waals surface area contributed by atoms with Crippen LogP contribution in [0.5, 0.6) is 0 Å². The molecule has 1 unspecified atom stereocenters. The lowest BCUT2D eigenvalue weighted by Crippen LogP contribution is -2.33. The maximum absolute atomic E-state index is 5.76. The zero-order valence-electron chi connectivity index (χ0n) is 9.66. The Balaban J connectivity index is 2.74. The summed E-state index contributed by atoms with van der Waals surface area (Å²) in [5.74, 6) is 0. The van der Waals surface area contributed by atoms with E-state index < -0.39 is 0 Å². The number of nitrogens with one attached hydrogen (secondary N) is 1. The molecule has 2 nitrogen and oxygen atoms in total. The Morgan fingerprint density at radius 1 is 1.27 bits per heavy atom. The molecule has 1 rings (SSSR count). The van der Waals surface area contributed by atoms with E-state index in [0.29, 0.717) is 12.6 Å². The predicted molar refractivity (Wildman–Crippen MR) is 68.3 cm³/mol. The summed E-state index contributed by atoms with van der Waals surface area (Å²) in [5.41, 5.74) is 7.02. The van der Waals surface area contributed by atoms with Crippen LogP contribution in [0.2, 0.25) is 0 Å². The number of rotatable bonds is 5. The van der Waals surface area contributed by atoms with Crippen molar-refractivity contribution >= 4 is 11.8 Å². The van der Waals surface area contributed by atoms with Crippen LogP contribution in [-0.2, 0) is 0 Å². The van der Waals surface area contributed by atoms with Gasteiger partial charge in [0.1, 0.15) is 0 Å².